The van der Waals surface area contributed by atoms with Crippen LogP contribution in [0.4, 0.5) is 0 Å². The van der Waals surface area contributed by atoms with E-state index in [4.69, 9.17) is 9.47 Å². The van der Waals surface area contributed by atoms with Crippen LogP contribution < -0.4 is 10.1 Å². The average Bonchev–Trinajstić information content (AvgIpc) is 2.79. The Morgan fingerprint density at radius 3 is 2.45 bits per heavy atom. The van der Waals surface area contributed by atoms with Gasteiger partial charge in [0.1, 0.15) is 5.75 Å². The molecule has 0 spiro atoms. The van der Waals surface area contributed by atoms with E-state index < -0.39 is 9.84 Å². The van der Waals surface area contributed by atoms with Gasteiger partial charge in [0.2, 0.25) is 0 Å². The molecule has 0 aliphatic carbocycles. The van der Waals surface area contributed by atoms with Crippen molar-refractivity contribution in [2.45, 2.75) is 30.3 Å². The number of ether oxygens (including phenoxy) is 2. The smallest absolute Gasteiger partial charge is 0.251 e. The van der Waals surface area contributed by atoms with Crippen molar-refractivity contribution in [3.05, 3.63) is 59.7 Å². The molecule has 168 valence electrons. The van der Waals surface area contributed by atoms with Crippen LogP contribution in [0.2, 0.25) is 0 Å². The van der Waals surface area contributed by atoms with Crippen molar-refractivity contribution < 1.29 is 22.7 Å². The molecular weight excluding hydrogens is 416 g/mol. The Hall–Kier alpha value is -2.42. The first-order chi connectivity index (χ1) is 14.9. The van der Waals surface area contributed by atoms with E-state index >= 15 is 0 Å². The van der Waals surface area contributed by atoms with Crippen LogP contribution in [-0.4, -0.2) is 64.9 Å². The zero-order valence-corrected chi connectivity index (χ0v) is 18.9. The first-order valence-corrected chi connectivity index (χ1v) is 12.0. The number of carbonyl (C=O) groups is 1. The molecule has 7 nitrogen and oxygen atoms in total. The molecule has 0 saturated carbocycles. The molecule has 1 aliphatic heterocycles. The summed E-state index contributed by atoms with van der Waals surface area (Å²) in [7, 11) is -0.266. The van der Waals surface area contributed by atoms with Crippen LogP contribution in [-0.2, 0) is 21.1 Å². The van der Waals surface area contributed by atoms with Gasteiger partial charge in [-0.1, -0.05) is 12.1 Å². The number of methoxy groups -OCH3 is 2. The van der Waals surface area contributed by atoms with Crippen molar-refractivity contribution in [2.24, 2.45) is 0 Å². The fourth-order valence-electron chi connectivity index (χ4n) is 3.66. The second-order valence-corrected chi connectivity index (χ2v) is 9.82. The molecule has 2 aromatic rings. The van der Waals surface area contributed by atoms with Gasteiger partial charge in [-0.25, -0.2) is 8.42 Å². The Morgan fingerprint density at radius 1 is 1.10 bits per heavy atom. The molecule has 0 radical (unpaired) electrons. The summed E-state index contributed by atoms with van der Waals surface area (Å²) in [5.74, 6) is 0.605. The number of hydrogen-bond donors (Lipinski definition) is 1. The van der Waals surface area contributed by atoms with Gasteiger partial charge in [-0.05, 0) is 54.8 Å². The Bertz CT molecular complexity index is 968. The van der Waals surface area contributed by atoms with Gasteiger partial charge in [-0.3, -0.25) is 9.69 Å². The summed E-state index contributed by atoms with van der Waals surface area (Å²) in [6.07, 6.45) is 1.75. The first kappa shape index (κ1) is 23.2. The van der Waals surface area contributed by atoms with Gasteiger partial charge in [0.25, 0.3) is 5.91 Å². The second-order valence-electron chi connectivity index (χ2n) is 7.71. The predicted molar refractivity (Wildman–Crippen MR) is 119 cm³/mol. The van der Waals surface area contributed by atoms with E-state index in [1.807, 2.05) is 18.2 Å². The molecule has 1 heterocycles. The van der Waals surface area contributed by atoms with Gasteiger partial charge in [0.05, 0.1) is 24.4 Å². The molecule has 0 aromatic heterocycles. The summed E-state index contributed by atoms with van der Waals surface area (Å²) in [5, 5.41) is 3.08. The van der Waals surface area contributed by atoms with Crippen LogP contribution in [0.25, 0.3) is 0 Å². The van der Waals surface area contributed by atoms with Crippen LogP contribution >= 0.6 is 0 Å². The molecule has 1 N–H and O–H groups in total. The molecular formula is C23H30N2O5S. The highest BCUT2D eigenvalue weighted by molar-refractivity contribution is 7.91. The van der Waals surface area contributed by atoms with E-state index in [9.17, 15) is 13.2 Å². The van der Waals surface area contributed by atoms with Crippen molar-refractivity contribution >= 4 is 15.7 Å². The monoisotopic (exact) mass is 446 g/mol. The minimum absolute atomic E-state index is 0.0800. The van der Waals surface area contributed by atoms with Crippen LogP contribution in [0.5, 0.6) is 5.75 Å². The average molecular weight is 447 g/mol. The summed E-state index contributed by atoms with van der Waals surface area (Å²) in [5.41, 5.74) is 1.67. The number of sulfone groups is 1. The molecule has 1 saturated heterocycles. The highest BCUT2D eigenvalue weighted by Crippen LogP contribution is 2.18. The fourth-order valence-corrected chi connectivity index (χ4v) is 4.83. The lowest BCUT2D eigenvalue weighted by atomic mass is 10.0. The molecule has 1 aliphatic rings. The normalized spacial score (nSPS) is 15.5. The number of carbonyl (C=O) groups excluding carboxylic acids is 1. The van der Waals surface area contributed by atoms with Crippen molar-refractivity contribution in [2.75, 3.05) is 39.7 Å². The Morgan fingerprint density at radius 2 is 1.81 bits per heavy atom. The largest absolute Gasteiger partial charge is 0.497 e. The lowest BCUT2D eigenvalue weighted by Crippen LogP contribution is -2.44. The summed E-state index contributed by atoms with van der Waals surface area (Å²) in [4.78, 5) is 15.2. The summed E-state index contributed by atoms with van der Waals surface area (Å²) >= 11 is 0. The highest BCUT2D eigenvalue weighted by atomic mass is 32.2. The Balaban J connectivity index is 1.49. The van der Waals surface area contributed by atoms with Gasteiger partial charge in [0, 0.05) is 38.3 Å². The standard InChI is InChI=1S/C23H30N2O5S/c1-29-14-15-31(27,28)22-8-6-19(7-9-22)23(26)24-20-10-12-25(13-11-20)17-18-4-3-5-21(16-18)30-2/h3-9,16,20H,10-15,17H2,1-2H3,(H,24,26). The third kappa shape index (κ3) is 6.53. The summed E-state index contributed by atoms with van der Waals surface area (Å²) in [6, 6.07) is 14.3. The fraction of sp³-hybridized carbons (Fsp3) is 0.435. The molecule has 31 heavy (non-hydrogen) atoms. The van der Waals surface area contributed by atoms with E-state index in [1.165, 1.54) is 24.8 Å². The number of likely N-dealkylation sites (tertiary alicyclic amines) is 1. The number of nitrogens with zero attached hydrogens (tertiary/aromatic N) is 1. The maximum atomic E-state index is 12.6. The summed E-state index contributed by atoms with van der Waals surface area (Å²) in [6.45, 7) is 2.80. The van der Waals surface area contributed by atoms with E-state index in [0.29, 0.717) is 5.56 Å². The molecule has 0 atom stereocenters. The third-order valence-corrected chi connectivity index (χ3v) is 7.19. The van der Waals surface area contributed by atoms with E-state index in [-0.39, 0.29) is 29.2 Å². The lowest BCUT2D eigenvalue weighted by Gasteiger charge is -2.32. The number of benzene rings is 2. The highest BCUT2D eigenvalue weighted by Gasteiger charge is 2.22. The van der Waals surface area contributed by atoms with E-state index in [1.54, 1.807) is 19.2 Å². The lowest BCUT2D eigenvalue weighted by molar-refractivity contribution is 0.0908. The minimum atomic E-state index is -3.40. The first-order valence-electron chi connectivity index (χ1n) is 10.4. The Kier molecular flexibility index (Phi) is 8.06. The SMILES string of the molecule is COCCS(=O)(=O)c1ccc(C(=O)NC2CCN(Cc3cccc(OC)c3)CC2)cc1. The molecule has 3 rings (SSSR count). The van der Waals surface area contributed by atoms with Gasteiger partial charge >= 0.3 is 0 Å². The topological polar surface area (TPSA) is 84.9 Å². The number of piperidine rings is 1. The van der Waals surface area contributed by atoms with Gasteiger partial charge in [-0.15, -0.1) is 0 Å². The molecule has 1 fully saturated rings. The number of hydrogen-bond acceptors (Lipinski definition) is 6. The zero-order chi connectivity index (χ0) is 22.3. The van der Waals surface area contributed by atoms with Crippen LogP contribution in [0.15, 0.2) is 53.4 Å². The molecule has 0 unspecified atom stereocenters. The number of nitrogens with one attached hydrogen (secondary N) is 1. The number of rotatable bonds is 9. The minimum Gasteiger partial charge on any atom is -0.497 e. The van der Waals surface area contributed by atoms with Crippen molar-refractivity contribution in [1.82, 2.24) is 10.2 Å². The van der Waals surface area contributed by atoms with Crippen molar-refractivity contribution in [3.63, 3.8) is 0 Å². The molecule has 8 heteroatoms. The maximum Gasteiger partial charge on any atom is 0.251 e. The quantitative estimate of drug-likeness (QED) is 0.637. The van der Waals surface area contributed by atoms with Gasteiger partial charge in [-0.2, -0.15) is 0 Å². The summed E-state index contributed by atoms with van der Waals surface area (Å²) < 4.78 is 34.5. The molecule has 0 bridgehead atoms. The third-order valence-electron chi connectivity index (χ3n) is 5.49. The van der Waals surface area contributed by atoms with Crippen LogP contribution in [0, 0.1) is 0 Å². The van der Waals surface area contributed by atoms with E-state index in [0.717, 1.165) is 38.2 Å². The zero-order valence-electron chi connectivity index (χ0n) is 18.0. The van der Waals surface area contributed by atoms with Crippen molar-refractivity contribution in [3.8, 4) is 5.75 Å². The Labute approximate surface area is 184 Å². The maximum absolute atomic E-state index is 12.6. The van der Waals surface area contributed by atoms with Gasteiger partial charge in [0.15, 0.2) is 9.84 Å². The predicted octanol–water partition coefficient (Wildman–Crippen LogP) is 2.51. The van der Waals surface area contributed by atoms with Gasteiger partial charge < -0.3 is 14.8 Å². The van der Waals surface area contributed by atoms with Crippen LogP contribution in [0.3, 0.4) is 0 Å². The van der Waals surface area contributed by atoms with Crippen molar-refractivity contribution in [1.29, 1.82) is 0 Å². The number of amides is 1. The van der Waals surface area contributed by atoms with E-state index in [2.05, 4.69) is 16.3 Å². The van der Waals surface area contributed by atoms with Crippen LogP contribution in [0.1, 0.15) is 28.8 Å². The second kappa shape index (κ2) is 10.7. The molecule has 1 amide bonds. The molecule has 2 aromatic carbocycles.